The first-order chi connectivity index (χ1) is 12.2. The van der Waals surface area contributed by atoms with Gasteiger partial charge in [-0.3, -0.25) is 4.79 Å². The maximum Gasteiger partial charge on any atom is 0.220 e. The van der Waals surface area contributed by atoms with Gasteiger partial charge >= 0.3 is 0 Å². The Morgan fingerprint density at radius 2 is 1.20 bits per heavy atom. The normalized spacial score (nSPS) is 11.5. The minimum absolute atomic E-state index is 0.242. The molecule has 0 heterocycles. The van der Waals surface area contributed by atoms with Gasteiger partial charge in [-0.1, -0.05) is 84.3 Å². The van der Waals surface area contributed by atoms with Gasteiger partial charge in [0.1, 0.15) is 0 Å². The maximum absolute atomic E-state index is 11.8. The molecule has 0 bridgehead atoms. The highest BCUT2D eigenvalue weighted by molar-refractivity contribution is 5.76. The minimum Gasteiger partial charge on any atom is -0.353 e. The van der Waals surface area contributed by atoms with E-state index in [2.05, 4.69) is 38.2 Å². The molecule has 0 radical (unpaired) electrons. The van der Waals surface area contributed by atoms with E-state index >= 15 is 0 Å². The van der Waals surface area contributed by atoms with Crippen LogP contribution in [0.15, 0.2) is 12.2 Å². The maximum atomic E-state index is 11.8. The van der Waals surface area contributed by atoms with Crippen LogP contribution in [0.1, 0.15) is 124 Å². The number of amides is 1. The lowest BCUT2D eigenvalue weighted by atomic mass is 10.1. The monoisotopic (exact) mass is 351 g/mol. The second-order valence-electron chi connectivity index (χ2n) is 7.42. The number of hydrogen-bond donors (Lipinski definition) is 1. The van der Waals surface area contributed by atoms with Crippen molar-refractivity contribution in [1.82, 2.24) is 5.32 Å². The van der Waals surface area contributed by atoms with Crippen molar-refractivity contribution >= 4 is 5.91 Å². The lowest BCUT2D eigenvalue weighted by Crippen LogP contribution is -2.33. The molecule has 148 valence electrons. The molecule has 0 aromatic heterocycles. The van der Waals surface area contributed by atoms with Crippen molar-refractivity contribution in [2.75, 3.05) is 0 Å². The molecule has 0 aliphatic rings. The fourth-order valence-electron chi connectivity index (χ4n) is 3.15. The van der Waals surface area contributed by atoms with Crippen molar-refractivity contribution in [2.24, 2.45) is 0 Å². The van der Waals surface area contributed by atoms with E-state index in [9.17, 15) is 4.79 Å². The molecule has 0 aromatic carbocycles. The molecular weight excluding hydrogens is 306 g/mol. The van der Waals surface area contributed by atoms with Crippen LogP contribution in [0, 0.1) is 0 Å². The number of hydrogen-bond acceptors (Lipinski definition) is 1. The summed E-state index contributed by atoms with van der Waals surface area (Å²) in [7, 11) is 0. The molecule has 0 rings (SSSR count). The van der Waals surface area contributed by atoms with Crippen LogP contribution in [0.4, 0.5) is 0 Å². The van der Waals surface area contributed by atoms with Gasteiger partial charge in [0.05, 0.1) is 0 Å². The Morgan fingerprint density at radius 1 is 0.720 bits per heavy atom. The molecule has 0 aliphatic carbocycles. The number of allylic oxidation sites excluding steroid dienone is 2. The number of carbonyl (C=O) groups excluding carboxylic acids is 1. The zero-order valence-electron chi connectivity index (χ0n) is 17.5. The summed E-state index contributed by atoms with van der Waals surface area (Å²) in [5, 5.41) is 3.12. The summed E-state index contributed by atoms with van der Waals surface area (Å²) in [6.45, 7) is 6.54. The molecule has 0 atom stereocenters. The van der Waals surface area contributed by atoms with Crippen LogP contribution in [0.2, 0.25) is 0 Å². The van der Waals surface area contributed by atoms with Crippen LogP contribution in [-0.2, 0) is 4.79 Å². The van der Waals surface area contributed by atoms with Crippen molar-refractivity contribution in [1.29, 1.82) is 0 Å². The van der Waals surface area contributed by atoms with E-state index in [-0.39, 0.29) is 5.91 Å². The van der Waals surface area contributed by atoms with Crippen LogP contribution < -0.4 is 5.32 Å². The smallest absolute Gasteiger partial charge is 0.220 e. The summed E-state index contributed by atoms with van der Waals surface area (Å²) >= 11 is 0. The first-order valence-corrected chi connectivity index (χ1v) is 11.2. The summed E-state index contributed by atoms with van der Waals surface area (Å²) in [5.74, 6) is 0.242. The Hall–Kier alpha value is -0.790. The van der Waals surface area contributed by atoms with E-state index in [0.717, 1.165) is 19.3 Å². The Bertz CT molecular complexity index is 307. The van der Waals surface area contributed by atoms with Crippen molar-refractivity contribution < 1.29 is 4.79 Å². The quantitative estimate of drug-likeness (QED) is 0.203. The van der Waals surface area contributed by atoms with Gasteiger partial charge in [-0.25, -0.2) is 0 Å². The summed E-state index contributed by atoms with van der Waals surface area (Å²) < 4.78 is 0. The fraction of sp³-hybridized carbons (Fsp3) is 0.870. The molecule has 0 aliphatic heterocycles. The molecule has 25 heavy (non-hydrogen) atoms. The third kappa shape index (κ3) is 17.8. The lowest BCUT2D eigenvalue weighted by Gasteiger charge is -2.14. The molecule has 1 N–H and O–H groups in total. The summed E-state index contributed by atoms with van der Waals surface area (Å²) in [6.07, 6.45) is 24.4. The minimum atomic E-state index is 0.242. The molecule has 0 fully saturated rings. The predicted octanol–water partition coefficient (Wildman–Crippen LogP) is 7.33. The Labute approximate surface area is 158 Å². The van der Waals surface area contributed by atoms with Gasteiger partial charge in [0, 0.05) is 12.5 Å². The van der Waals surface area contributed by atoms with Gasteiger partial charge < -0.3 is 5.32 Å². The lowest BCUT2D eigenvalue weighted by molar-refractivity contribution is -0.121. The molecule has 2 nitrogen and oxygen atoms in total. The third-order valence-corrected chi connectivity index (χ3v) is 5.02. The zero-order valence-corrected chi connectivity index (χ0v) is 17.5. The Balaban J connectivity index is 3.28. The van der Waals surface area contributed by atoms with Gasteiger partial charge in [0.25, 0.3) is 0 Å². The molecule has 0 saturated heterocycles. The number of rotatable bonds is 18. The van der Waals surface area contributed by atoms with Gasteiger partial charge in [-0.2, -0.15) is 0 Å². The van der Waals surface area contributed by atoms with Gasteiger partial charge in [0.2, 0.25) is 5.91 Å². The Kier molecular flexibility index (Phi) is 18.9. The van der Waals surface area contributed by atoms with Crippen LogP contribution in [0.25, 0.3) is 0 Å². The highest BCUT2D eigenvalue weighted by atomic mass is 16.1. The second kappa shape index (κ2) is 19.5. The molecular formula is C23H45NO. The van der Waals surface area contributed by atoms with Crippen LogP contribution in [-0.4, -0.2) is 11.9 Å². The van der Waals surface area contributed by atoms with Gasteiger partial charge in [-0.15, -0.1) is 0 Å². The van der Waals surface area contributed by atoms with E-state index in [4.69, 9.17) is 0 Å². The summed E-state index contributed by atoms with van der Waals surface area (Å²) in [5.41, 5.74) is 0. The van der Waals surface area contributed by atoms with Crippen molar-refractivity contribution in [3.05, 3.63) is 12.2 Å². The number of carbonyl (C=O) groups is 1. The van der Waals surface area contributed by atoms with Crippen LogP contribution in [0.3, 0.4) is 0 Å². The molecule has 0 unspecified atom stereocenters. The zero-order chi connectivity index (χ0) is 18.6. The fourth-order valence-corrected chi connectivity index (χ4v) is 3.15. The molecule has 0 aromatic rings. The summed E-state index contributed by atoms with van der Waals surface area (Å²) in [4.78, 5) is 11.8. The van der Waals surface area contributed by atoms with E-state index in [1.165, 1.54) is 77.0 Å². The second-order valence-corrected chi connectivity index (χ2v) is 7.42. The standard InChI is InChI=1S/C23H45NO/c1-4-7-8-9-10-11-12-13-14-15-16-17-18-19-20-21-23(25)24-22(5-2)6-3/h13-14,22H,4-12,15-21H2,1-3H3,(H,24,25)/b14-13-. The topological polar surface area (TPSA) is 29.1 Å². The van der Waals surface area contributed by atoms with Gasteiger partial charge in [0.15, 0.2) is 0 Å². The number of unbranched alkanes of at least 4 members (excludes halogenated alkanes) is 11. The summed E-state index contributed by atoms with van der Waals surface area (Å²) in [6, 6.07) is 0.371. The predicted molar refractivity (Wildman–Crippen MR) is 112 cm³/mol. The first-order valence-electron chi connectivity index (χ1n) is 11.2. The third-order valence-electron chi connectivity index (χ3n) is 5.02. The first kappa shape index (κ1) is 24.2. The van der Waals surface area contributed by atoms with Crippen LogP contribution in [0.5, 0.6) is 0 Å². The van der Waals surface area contributed by atoms with Crippen molar-refractivity contribution in [2.45, 2.75) is 130 Å². The average molecular weight is 352 g/mol. The molecule has 1 amide bonds. The molecule has 0 saturated carbocycles. The highest BCUT2D eigenvalue weighted by Crippen LogP contribution is 2.10. The van der Waals surface area contributed by atoms with E-state index in [1.54, 1.807) is 0 Å². The van der Waals surface area contributed by atoms with E-state index in [0.29, 0.717) is 12.5 Å². The highest BCUT2D eigenvalue weighted by Gasteiger charge is 2.07. The molecule has 0 spiro atoms. The largest absolute Gasteiger partial charge is 0.353 e. The average Bonchev–Trinajstić information content (AvgIpc) is 2.62. The van der Waals surface area contributed by atoms with Crippen LogP contribution >= 0.6 is 0 Å². The SMILES string of the molecule is CCCCCCCC/C=C\CCCCCCCC(=O)NC(CC)CC. The van der Waals surface area contributed by atoms with Crippen molar-refractivity contribution in [3.8, 4) is 0 Å². The van der Waals surface area contributed by atoms with E-state index in [1.807, 2.05) is 0 Å². The Morgan fingerprint density at radius 3 is 1.72 bits per heavy atom. The van der Waals surface area contributed by atoms with Gasteiger partial charge in [-0.05, 0) is 44.9 Å². The molecule has 2 heteroatoms. The van der Waals surface area contributed by atoms with Crippen molar-refractivity contribution in [3.63, 3.8) is 0 Å². The van der Waals surface area contributed by atoms with E-state index < -0.39 is 0 Å². The number of nitrogens with one attached hydrogen (secondary N) is 1.